The summed E-state index contributed by atoms with van der Waals surface area (Å²) in [6.07, 6.45) is 3.40. The van der Waals surface area contributed by atoms with Crippen LogP contribution in [0.5, 0.6) is 5.75 Å². The Morgan fingerprint density at radius 1 is 1.33 bits per heavy atom. The van der Waals surface area contributed by atoms with Gasteiger partial charge in [0.25, 0.3) is 0 Å². The molecule has 4 nitrogen and oxygen atoms in total. The number of benzene rings is 1. The summed E-state index contributed by atoms with van der Waals surface area (Å²) >= 11 is 0. The van der Waals surface area contributed by atoms with Crippen molar-refractivity contribution in [2.45, 2.75) is 38.3 Å². The lowest BCUT2D eigenvalue weighted by atomic mass is 9.92. The molecular formula is C16H23NO3S. The van der Waals surface area contributed by atoms with Gasteiger partial charge in [-0.05, 0) is 49.4 Å². The van der Waals surface area contributed by atoms with Gasteiger partial charge in [-0.3, -0.25) is 0 Å². The molecule has 2 fully saturated rings. The monoisotopic (exact) mass is 309 g/mol. The fourth-order valence-electron chi connectivity index (χ4n) is 3.02. The molecule has 0 aromatic heterocycles. The Balaban J connectivity index is 1.79. The van der Waals surface area contributed by atoms with Crippen LogP contribution in [0.25, 0.3) is 0 Å². The maximum absolute atomic E-state index is 11.7. The van der Waals surface area contributed by atoms with Crippen LogP contribution in [-0.4, -0.2) is 32.6 Å². The molecule has 1 saturated carbocycles. The number of hydrogen-bond donors (Lipinski definition) is 1. The van der Waals surface area contributed by atoms with Crippen molar-refractivity contribution < 1.29 is 13.2 Å². The van der Waals surface area contributed by atoms with Crippen LogP contribution in [0.2, 0.25) is 0 Å². The fourth-order valence-corrected chi connectivity index (χ4v) is 4.86. The van der Waals surface area contributed by atoms with Crippen molar-refractivity contribution in [1.29, 1.82) is 0 Å². The summed E-state index contributed by atoms with van der Waals surface area (Å²) in [5.74, 6) is 1.67. The average Bonchev–Trinajstić information content (AvgIpc) is 3.18. The number of hydrogen-bond acceptors (Lipinski definition) is 4. The number of nitrogens with one attached hydrogen (secondary N) is 1. The Morgan fingerprint density at radius 3 is 2.76 bits per heavy atom. The second kappa shape index (κ2) is 5.97. The molecule has 116 valence electrons. The van der Waals surface area contributed by atoms with Crippen molar-refractivity contribution in [2.24, 2.45) is 5.92 Å². The van der Waals surface area contributed by atoms with Crippen LogP contribution >= 0.6 is 0 Å². The fraction of sp³-hybridized carbons (Fsp3) is 0.625. The van der Waals surface area contributed by atoms with Crippen LogP contribution in [0.3, 0.4) is 0 Å². The third-order valence-corrected chi connectivity index (χ3v) is 6.00. The van der Waals surface area contributed by atoms with E-state index in [4.69, 9.17) is 4.74 Å². The van der Waals surface area contributed by atoms with Crippen molar-refractivity contribution in [3.05, 3.63) is 29.8 Å². The van der Waals surface area contributed by atoms with Crippen LogP contribution in [-0.2, 0) is 9.84 Å². The van der Waals surface area contributed by atoms with Gasteiger partial charge in [0.05, 0.1) is 17.6 Å². The summed E-state index contributed by atoms with van der Waals surface area (Å²) in [5, 5.41) is 3.45. The minimum Gasteiger partial charge on any atom is -0.490 e. The Morgan fingerprint density at radius 2 is 2.14 bits per heavy atom. The highest BCUT2D eigenvalue weighted by Crippen LogP contribution is 2.34. The number of rotatable bonds is 6. The van der Waals surface area contributed by atoms with Gasteiger partial charge in [0.1, 0.15) is 5.75 Å². The van der Waals surface area contributed by atoms with Crippen molar-refractivity contribution in [1.82, 2.24) is 5.32 Å². The van der Waals surface area contributed by atoms with Gasteiger partial charge in [0.2, 0.25) is 0 Å². The maximum Gasteiger partial charge on any atom is 0.150 e. The minimum atomic E-state index is -2.86. The molecule has 1 aromatic carbocycles. The zero-order chi connectivity index (χ0) is 14.9. The van der Waals surface area contributed by atoms with E-state index in [1.54, 1.807) is 0 Å². The van der Waals surface area contributed by atoms with Crippen molar-refractivity contribution >= 4 is 9.84 Å². The first-order chi connectivity index (χ1) is 10.1. The van der Waals surface area contributed by atoms with Gasteiger partial charge in [-0.25, -0.2) is 8.42 Å². The molecule has 2 aliphatic rings. The highest BCUT2D eigenvalue weighted by Gasteiger charge is 2.34. The molecule has 1 saturated heterocycles. The third kappa shape index (κ3) is 3.77. The molecule has 0 spiro atoms. The van der Waals surface area contributed by atoms with E-state index in [2.05, 4.69) is 24.4 Å². The summed E-state index contributed by atoms with van der Waals surface area (Å²) in [7, 11) is -2.86. The number of ether oxygens (including phenoxy) is 1. The molecule has 1 heterocycles. The van der Waals surface area contributed by atoms with E-state index in [0.717, 1.165) is 37.1 Å². The van der Waals surface area contributed by atoms with Gasteiger partial charge in [0.15, 0.2) is 9.84 Å². The molecule has 2 unspecified atom stereocenters. The van der Waals surface area contributed by atoms with Crippen LogP contribution in [0.4, 0.5) is 0 Å². The van der Waals surface area contributed by atoms with Crippen molar-refractivity contribution in [2.75, 3.05) is 18.1 Å². The molecule has 1 aliphatic carbocycles. The van der Waals surface area contributed by atoms with E-state index in [9.17, 15) is 8.42 Å². The van der Waals surface area contributed by atoms with Crippen LogP contribution in [0.1, 0.15) is 37.8 Å². The van der Waals surface area contributed by atoms with Gasteiger partial charge >= 0.3 is 0 Å². The Hall–Kier alpha value is -1.07. The average molecular weight is 309 g/mol. The molecule has 1 aliphatic heterocycles. The Bertz CT molecular complexity index is 595. The lowest BCUT2D eigenvalue weighted by Gasteiger charge is -2.24. The lowest BCUT2D eigenvalue weighted by molar-refractivity contribution is 0.301. The van der Waals surface area contributed by atoms with Crippen molar-refractivity contribution in [3.63, 3.8) is 0 Å². The van der Waals surface area contributed by atoms with Crippen LogP contribution < -0.4 is 10.1 Å². The van der Waals surface area contributed by atoms with E-state index >= 15 is 0 Å². The Labute approximate surface area is 126 Å². The topological polar surface area (TPSA) is 55.4 Å². The molecule has 5 heteroatoms. The molecule has 0 bridgehead atoms. The van der Waals surface area contributed by atoms with E-state index in [1.807, 2.05) is 12.1 Å². The van der Waals surface area contributed by atoms with E-state index in [0.29, 0.717) is 17.6 Å². The van der Waals surface area contributed by atoms with Gasteiger partial charge in [-0.15, -0.1) is 0 Å². The second-order valence-corrected chi connectivity index (χ2v) is 8.32. The predicted octanol–water partition coefficient (Wildman–Crippen LogP) is 2.31. The maximum atomic E-state index is 11.7. The minimum absolute atomic E-state index is 0.0926. The molecule has 1 aromatic rings. The summed E-state index contributed by atoms with van der Waals surface area (Å²) in [5.41, 5.74) is 1.14. The van der Waals surface area contributed by atoms with Crippen molar-refractivity contribution in [3.8, 4) is 5.75 Å². The predicted molar refractivity (Wildman–Crippen MR) is 83.3 cm³/mol. The molecule has 0 amide bonds. The highest BCUT2D eigenvalue weighted by atomic mass is 32.2. The van der Waals surface area contributed by atoms with E-state index in [1.165, 1.54) is 0 Å². The molecule has 2 atom stereocenters. The van der Waals surface area contributed by atoms with Gasteiger partial charge in [0, 0.05) is 6.04 Å². The molecular weight excluding hydrogens is 286 g/mol. The van der Waals surface area contributed by atoms with Crippen LogP contribution in [0.15, 0.2) is 24.3 Å². The molecule has 0 radical (unpaired) electrons. The standard InChI is InChI=1S/C16H23NO3S/c1-2-17-16(13-8-9-21(18,19)11-13)12-4-3-5-15(10-12)20-14-6-7-14/h3-5,10,13-14,16-17H,2,6-9,11H2,1H3. The summed E-state index contributed by atoms with van der Waals surface area (Å²) in [6, 6.07) is 8.21. The van der Waals surface area contributed by atoms with Gasteiger partial charge in [-0.1, -0.05) is 19.1 Å². The van der Waals surface area contributed by atoms with E-state index in [-0.39, 0.29) is 12.0 Å². The zero-order valence-electron chi connectivity index (χ0n) is 12.4. The highest BCUT2D eigenvalue weighted by molar-refractivity contribution is 7.91. The lowest BCUT2D eigenvalue weighted by Crippen LogP contribution is -2.29. The molecule has 21 heavy (non-hydrogen) atoms. The second-order valence-electron chi connectivity index (χ2n) is 6.09. The first-order valence-electron chi connectivity index (χ1n) is 7.78. The largest absolute Gasteiger partial charge is 0.490 e. The number of sulfone groups is 1. The van der Waals surface area contributed by atoms with E-state index < -0.39 is 9.84 Å². The Kier molecular flexibility index (Phi) is 4.22. The first kappa shape index (κ1) is 14.9. The smallest absolute Gasteiger partial charge is 0.150 e. The summed E-state index contributed by atoms with van der Waals surface area (Å²) in [4.78, 5) is 0. The normalized spacial score (nSPS) is 25.7. The van der Waals surface area contributed by atoms with Gasteiger partial charge in [-0.2, -0.15) is 0 Å². The zero-order valence-corrected chi connectivity index (χ0v) is 13.2. The van der Waals surface area contributed by atoms with Crippen LogP contribution in [0, 0.1) is 5.92 Å². The quantitative estimate of drug-likeness (QED) is 0.876. The third-order valence-electron chi connectivity index (χ3n) is 4.21. The summed E-state index contributed by atoms with van der Waals surface area (Å²) < 4.78 is 29.4. The summed E-state index contributed by atoms with van der Waals surface area (Å²) in [6.45, 7) is 2.88. The first-order valence-corrected chi connectivity index (χ1v) is 9.60. The SMILES string of the molecule is CCNC(c1cccc(OC2CC2)c1)C1CCS(=O)(=O)C1. The molecule has 3 rings (SSSR count). The molecule has 1 N–H and O–H groups in total. The van der Waals surface area contributed by atoms with Gasteiger partial charge < -0.3 is 10.1 Å².